The van der Waals surface area contributed by atoms with E-state index in [1.807, 2.05) is 0 Å². The molecule has 0 saturated carbocycles. The van der Waals surface area contributed by atoms with Crippen molar-refractivity contribution in [3.63, 3.8) is 0 Å². The van der Waals surface area contributed by atoms with Crippen LogP contribution in [-0.2, 0) is 6.18 Å². The number of primary amides is 1. The van der Waals surface area contributed by atoms with E-state index in [1.54, 1.807) is 0 Å². The van der Waals surface area contributed by atoms with Crippen molar-refractivity contribution >= 4 is 11.6 Å². The molecule has 1 atom stereocenters. The number of hydrogen-bond donors (Lipinski definition) is 3. The van der Waals surface area contributed by atoms with Gasteiger partial charge in [0, 0.05) is 11.7 Å². The van der Waals surface area contributed by atoms with Crippen molar-refractivity contribution in [3.05, 3.63) is 29.3 Å². The van der Waals surface area contributed by atoms with Gasteiger partial charge in [-0.1, -0.05) is 0 Å². The van der Waals surface area contributed by atoms with Gasteiger partial charge in [0.05, 0.1) is 11.1 Å². The standard InChI is InChI=1S/C14H18F3N3O/c15-14(16,17)12-8-10(3-4-11(12)13(18)21)20-9-2-1-6-19-7-5-9/h3-4,8-9,19-20H,1-2,5-7H2,(H2,18,21). The van der Waals surface area contributed by atoms with Crippen LogP contribution >= 0.6 is 0 Å². The number of carbonyl (C=O) groups excluding carboxylic acids is 1. The second kappa shape index (κ2) is 6.34. The van der Waals surface area contributed by atoms with Gasteiger partial charge in [-0.25, -0.2) is 0 Å². The quantitative estimate of drug-likeness (QED) is 0.803. The molecule has 7 heteroatoms. The third-order valence-corrected chi connectivity index (χ3v) is 3.54. The SMILES string of the molecule is NC(=O)c1ccc(NC2CCCNCC2)cc1C(F)(F)F. The van der Waals surface area contributed by atoms with E-state index in [0.717, 1.165) is 44.5 Å². The number of anilines is 1. The molecule has 1 aliphatic heterocycles. The Hall–Kier alpha value is -1.76. The van der Waals surface area contributed by atoms with E-state index < -0.39 is 23.2 Å². The van der Waals surface area contributed by atoms with Gasteiger partial charge in [0.1, 0.15) is 0 Å². The van der Waals surface area contributed by atoms with Gasteiger partial charge in [-0.3, -0.25) is 4.79 Å². The number of rotatable bonds is 3. The van der Waals surface area contributed by atoms with E-state index >= 15 is 0 Å². The van der Waals surface area contributed by atoms with E-state index in [2.05, 4.69) is 10.6 Å². The van der Waals surface area contributed by atoms with Gasteiger partial charge in [-0.2, -0.15) is 13.2 Å². The van der Waals surface area contributed by atoms with Gasteiger partial charge >= 0.3 is 6.18 Å². The second-order valence-electron chi connectivity index (χ2n) is 5.14. The fourth-order valence-corrected chi connectivity index (χ4v) is 2.48. The lowest BCUT2D eigenvalue weighted by molar-refractivity contribution is -0.137. The molecule has 0 radical (unpaired) electrons. The smallest absolute Gasteiger partial charge is 0.382 e. The van der Waals surface area contributed by atoms with E-state index in [4.69, 9.17) is 5.73 Å². The largest absolute Gasteiger partial charge is 0.417 e. The summed E-state index contributed by atoms with van der Waals surface area (Å²) < 4.78 is 39.0. The number of halogens is 3. The van der Waals surface area contributed by atoms with Gasteiger partial charge < -0.3 is 16.4 Å². The Bertz CT molecular complexity index is 509. The van der Waals surface area contributed by atoms with E-state index in [9.17, 15) is 18.0 Å². The molecular weight excluding hydrogens is 283 g/mol. The van der Waals surface area contributed by atoms with Crippen LogP contribution in [-0.4, -0.2) is 25.0 Å². The molecule has 1 aliphatic rings. The van der Waals surface area contributed by atoms with Crippen LogP contribution in [0.15, 0.2) is 18.2 Å². The monoisotopic (exact) mass is 301 g/mol. The fourth-order valence-electron chi connectivity index (χ4n) is 2.48. The molecule has 2 rings (SSSR count). The molecule has 1 saturated heterocycles. The molecule has 1 aromatic rings. The van der Waals surface area contributed by atoms with Crippen LogP contribution in [0, 0.1) is 0 Å². The summed E-state index contributed by atoms with van der Waals surface area (Å²) in [6.07, 6.45) is -1.89. The summed E-state index contributed by atoms with van der Waals surface area (Å²) in [5.74, 6) is -1.08. The summed E-state index contributed by atoms with van der Waals surface area (Å²) in [5, 5.41) is 6.35. The molecule has 0 aliphatic carbocycles. The number of nitrogens with one attached hydrogen (secondary N) is 2. The van der Waals surface area contributed by atoms with Gasteiger partial charge in [-0.05, 0) is 50.6 Å². The van der Waals surface area contributed by atoms with Crippen molar-refractivity contribution in [2.75, 3.05) is 18.4 Å². The van der Waals surface area contributed by atoms with Crippen molar-refractivity contribution in [3.8, 4) is 0 Å². The normalized spacial score (nSPS) is 19.9. The third-order valence-electron chi connectivity index (χ3n) is 3.54. The highest BCUT2D eigenvalue weighted by atomic mass is 19.4. The molecule has 1 heterocycles. The van der Waals surface area contributed by atoms with E-state index in [1.165, 1.54) is 6.07 Å². The molecule has 116 valence electrons. The lowest BCUT2D eigenvalue weighted by Gasteiger charge is -2.19. The molecule has 21 heavy (non-hydrogen) atoms. The molecule has 0 spiro atoms. The van der Waals surface area contributed by atoms with Crippen LogP contribution in [0.3, 0.4) is 0 Å². The average Bonchev–Trinajstić information content (AvgIpc) is 2.66. The van der Waals surface area contributed by atoms with Crippen LogP contribution in [0.2, 0.25) is 0 Å². The first-order valence-corrected chi connectivity index (χ1v) is 6.86. The summed E-state index contributed by atoms with van der Waals surface area (Å²) in [7, 11) is 0. The minimum atomic E-state index is -4.60. The Morgan fingerprint density at radius 1 is 1.29 bits per heavy atom. The molecule has 0 bridgehead atoms. The predicted octanol–water partition coefficient (Wildman–Crippen LogP) is 2.36. The van der Waals surface area contributed by atoms with Crippen molar-refractivity contribution in [1.82, 2.24) is 5.32 Å². The van der Waals surface area contributed by atoms with E-state index in [-0.39, 0.29) is 6.04 Å². The Morgan fingerprint density at radius 2 is 2.05 bits per heavy atom. The van der Waals surface area contributed by atoms with Crippen LogP contribution in [0.1, 0.15) is 35.2 Å². The highest BCUT2D eigenvalue weighted by molar-refractivity contribution is 5.95. The number of hydrogen-bond acceptors (Lipinski definition) is 3. The Kier molecular flexibility index (Phi) is 4.72. The molecule has 4 nitrogen and oxygen atoms in total. The van der Waals surface area contributed by atoms with Gasteiger partial charge in [0.25, 0.3) is 0 Å². The van der Waals surface area contributed by atoms with Gasteiger partial charge in [0.2, 0.25) is 5.91 Å². The Labute approximate surface area is 120 Å². The Balaban J connectivity index is 2.22. The first kappa shape index (κ1) is 15.6. The Morgan fingerprint density at radius 3 is 2.71 bits per heavy atom. The molecule has 0 aromatic heterocycles. The van der Waals surface area contributed by atoms with Crippen LogP contribution < -0.4 is 16.4 Å². The maximum Gasteiger partial charge on any atom is 0.417 e. The van der Waals surface area contributed by atoms with E-state index in [0.29, 0.717) is 5.69 Å². The summed E-state index contributed by atoms with van der Waals surface area (Å²) >= 11 is 0. The maximum atomic E-state index is 13.0. The minimum Gasteiger partial charge on any atom is -0.382 e. The molecule has 4 N–H and O–H groups in total. The van der Waals surface area contributed by atoms with Gasteiger partial charge in [0.15, 0.2) is 0 Å². The topological polar surface area (TPSA) is 67.2 Å². The van der Waals surface area contributed by atoms with Crippen molar-refractivity contribution in [2.24, 2.45) is 5.73 Å². The minimum absolute atomic E-state index is 0.125. The highest BCUT2D eigenvalue weighted by Crippen LogP contribution is 2.34. The number of carbonyl (C=O) groups is 1. The lowest BCUT2D eigenvalue weighted by Crippen LogP contribution is -2.23. The molecule has 1 aromatic carbocycles. The first-order valence-electron chi connectivity index (χ1n) is 6.86. The summed E-state index contributed by atoms with van der Waals surface area (Å²) in [4.78, 5) is 11.1. The van der Waals surface area contributed by atoms with Crippen molar-refractivity contribution in [2.45, 2.75) is 31.5 Å². The molecule has 1 amide bonds. The fraction of sp³-hybridized carbons (Fsp3) is 0.500. The number of amides is 1. The maximum absolute atomic E-state index is 13.0. The molecule has 1 unspecified atom stereocenters. The van der Waals surface area contributed by atoms with Crippen molar-refractivity contribution < 1.29 is 18.0 Å². The van der Waals surface area contributed by atoms with Gasteiger partial charge in [-0.15, -0.1) is 0 Å². The molecule has 1 fully saturated rings. The zero-order valence-electron chi connectivity index (χ0n) is 11.5. The predicted molar refractivity (Wildman–Crippen MR) is 74.1 cm³/mol. The van der Waals surface area contributed by atoms with Crippen LogP contribution in [0.5, 0.6) is 0 Å². The van der Waals surface area contributed by atoms with Crippen LogP contribution in [0.25, 0.3) is 0 Å². The zero-order valence-corrected chi connectivity index (χ0v) is 11.5. The molecular formula is C14H18F3N3O. The van der Waals surface area contributed by atoms with Crippen molar-refractivity contribution in [1.29, 1.82) is 0 Å². The lowest BCUT2D eigenvalue weighted by atomic mass is 10.0. The number of benzene rings is 1. The summed E-state index contributed by atoms with van der Waals surface area (Å²) in [5.41, 5.74) is 3.86. The zero-order chi connectivity index (χ0) is 15.5. The number of nitrogens with two attached hydrogens (primary N) is 1. The summed E-state index contributed by atoms with van der Waals surface area (Å²) in [6, 6.07) is 3.68. The highest BCUT2D eigenvalue weighted by Gasteiger charge is 2.35. The van der Waals surface area contributed by atoms with Crippen LogP contribution in [0.4, 0.5) is 18.9 Å². The average molecular weight is 301 g/mol. The first-order chi connectivity index (χ1) is 9.88. The second-order valence-corrected chi connectivity index (χ2v) is 5.14. The third kappa shape index (κ3) is 4.10. The number of alkyl halides is 3. The summed E-state index contributed by atoms with van der Waals surface area (Å²) in [6.45, 7) is 1.76.